The summed E-state index contributed by atoms with van der Waals surface area (Å²) in [4.78, 5) is 20.3. The number of carbonyl (C=O) groups excluding carboxylic acids is 1. The minimum Gasteiger partial charge on any atom is -0.348 e. The zero-order valence-electron chi connectivity index (χ0n) is 12.6. The van der Waals surface area contributed by atoms with Gasteiger partial charge >= 0.3 is 0 Å². The Hall–Kier alpha value is -2.19. The van der Waals surface area contributed by atoms with E-state index in [1.54, 1.807) is 24.3 Å². The van der Waals surface area contributed by atoms with Gasteiger partial charge in [0, 0.05) is 29.1 Å². The van der Waals surface area contributed by atoms with Gasteiger partial charge in [-0.2, -0.15) is 0 Å². The smallest absolute Gasteiger partial charge is 0.254 e. The minimum atomic E-state index is -3.03. The van der Waals surface area contributed by atoms with Crippen molar-refractivity contribution in [3.8, 4) is 0 Å². The van der Waals surface area contributed by atoms with Gasteiger partial charge in [-0.25, -0.2) is 18.4 Å². The fourth-order valence-corrected chi connectivity index (χ4v) is 4.15. The largest absolute Gasteiger partial charge is 0.348 e. The molecule has 2 aromatic rings. The summed E-state index contributed by atoms with van der Waals surface area (Å²) in [7, 11) is -3.03. The van der Waals surface area contributed by atoms with Crippen molar-refractivity contribution in [2.24, 2.45) is 0 Å². The van der Waals surface area contributed by atoms with Crippen LogP contribution in [0.15, 0.2) is 36.7 Å². The summed E-state index contributed by atoms with van der Waals surface area (Å²) < 4.78 is 22.8. The van der Waals surface area contributed by atoms with Crippen molar-refractivity contribution in [1.82, 2.24) is 15.3 Å². The minimum absolute atomic E-state index is 0.0181. The zero-order chi connectivity index (χ0) is 17.2. The highest BCUT2D eigenvalue weighted by Gasteiger charge is 2.29. The molecule has 1 aromatic heterocycles. The zero-order valence-corrected chi connectivity index (χ0v) is 14.1. The Balaban J connectivity index is 1.61. The highest BCUT2D eigenvalue weighted by molar-refractivity contribution is 7.91. The first-order chi connectivity index (χ1) is 11.4. The molecule has 2 N–H and O–H groups in total. The van der Waals surface area contributed by atoms with Crippen LogP contribution in [0.5, 0.6) is 0 Å². The van der Waals surface area contributed by atoms with Gasteiger partial charge in [0.2, 0.25) is 5.95 Å². The van der Waals surface area contributed by atoms with E-state index in [4.69, 9.17) is 11.6 Å². The van der Waals surface area contributed by atoms with Crippen LogP contribution in [0.25, 0.3) is 0 Å². The fourth-order valence-electron chi connectivity index (χ4n) is 2.35. The van der Waals surface area contributed by atoms with E-state index in [1.807, 2.05) is 0 Å². The molecule has 0 saturated carbocycles. The number of halogens is 1. The maximum Gasteiger partial charge on any atom is 0.254 e. The number of nitrogens with zero attached hydrogens (tertiary/aromatic N) is 2. The van der Waals surface area contributed by atoms with Gasteiger partial charge in [-0.05, 0) is 30.7 Å². The van der Waals surface area contributed by atoms with Gasteiger partial charge in [0.15, 0.2) is 9.84 Å². The van der Waals surface area contributed by atoms with Crippen LogP contribution in [0, 0.1) is 0 Å². The lowest BCUT2D eigenvalue weighted by Gasteiger charge is -2.10. The third-order valence-electron chi connectivity index (χ3n) is 3.58. The monoisotopic (exact) mass is 366 g/mol. The summed E-state index contributed by atoms with van der Waals surface area (Å²) in [6, 6.07) is 6.69. The predicted molar refractivity (Wildman–Crippen MR) is 91.3 cm³/mol. The molecule has 1 amide bonds. The first-order valence-corrected chi connectivity index (χ1v) is 9.47. The van der Waals surface area contributed by atoms with Gasteiger partial charge in [0.05, 0.1) is 17.1 Å². The molecule has 1 fully saturated rings. The number of sulfone groups is 1. The molecule has 3 rings (SSSR count). The quantitative estimate of drug-likeness (QED) is 0.855. The van der Waals surface area contributed by atoms with E-state index in [0.29, 0.717) is 17.4 Å². The Labute approximate surface area is 144 Å². The van der Waals surface area contributed by atoms with Crippen molar-refractivity contribution < 1.29 is 13.2 Å². The van der Waals surface area contributed by atoms with Crippen LogP contribution in [-0.2, 0) is 9.84 Å². The fraction of sp³-hybridized carbons (Fsp3) is 0.267. The highest BCUT2D eigenvalue weighted by atomic mass is 35.5. The molecule has 0 aliphatic carbocycles. The van der Waals surface area contributed by atoms with E-state index < -0.39 is 9.84 Å². The molecule has 0 spiro atoms. The van der Waals surface area contributed by atoms with Crippen molar-refractivity contribution in [1.29, 1.82) is 0 Å². The second-order valence-electron chi connectivity index (χ2n) is 5.50. The molecule has 9 heteroatoms. The summed E-state index contributed by atoms with van der Waals surface area (Å²) in [5, 5.41) is 6.31. The average molecular weight is 367 g/mol. The van der Waals surface area contributed by atoms with Gasteiger partial charge in [-0.15, -0.1) is 0 Å². The van der Waals surface area contributed by atoms with Gasteiger partial charge in [0.25, 0.3) is 5.91 Å². The SMILES string of the molecule is O=C(NC1CCS(=O)(=O)C1)c1cnc(Nc2ccc(Cl)cc2)nc1. The van der Waals surface area contributed by atoms with Crippen molar-refractivity contribution in [3.63, 3.8) is 0 Å². The molecule has 0 radical (unpaired) electrons. The van der Waals surface area contributed by atoms with Crippen LogP contribution in [0.2, 0.25) is 5.02 Å². The number of benzene rings is 1. The summed E-state index contributed by atoms with van der Waals surface area (Å²) in [6.45, 7) is 0. The number of nitrogens with one attached hydrogen (secondary N) is 2. The van der Waals surface area contributed by atoms with E-state index in [9.17, 15) is 13.2 Å². The number of aromatic nitrogens is 2. The maximum absolute atomic E-state index is 12.1. The van der Waals surface area contributed by atoms with Crippen LogP contribution >= 0.6 is 11.6 Å². The molecular weight excluding hydrogens is 352 g/mol. The second-order valence-corrected chi connectivity index (χ2v) is 8.17. The predicted octanol–water partition coefficient (Wildman–Crippen LogP) is 1.79. The molecule has 7 nitrogen and oxygen atoms in total. The molecular formula is C15H15ClN4O3S. The third kappa shape index (κ3) is 4.21. The number of hydrogen-bond acceptors (Lipinski definition) is 6. The summed E-state index contributed by atoms with van der Waals surface area (Å²) in [5.74, 6) is 0.0567. The molecule has 0 bridgehead atoms. The maximum atomic E-state index is 12.1. The van der Waals surface area contributed by atoms with Crippen molar-refractivity contribution in [2.45, 2.75) is 12.5 Å². The van der Waals surface area contributed by atoms with Gasteiger partial charge in [-0.3, -0.25) is 4.79 Å². The number of carbonyl (C=O) groups is 1. The summed E-state index contributed by atoms with van der Waals surface area (Å²) in [5.41, 5.74) is 1.05. The van der Waals surface area contributed by atoms with E-state index in [-0.39, 0.29) is 29.0 Å². The first kappa shape index (κ1) is 16.7. The first-order valence-electron chi connectivity index (χ1n) is 7.27. The van der Waals surface area contributed by atoms with E-state index in [0.717, 1.165) is 5.69 Å². The van der Waals surface area contributed by atoms with Gasteiger partial charge < -0.3 is 10.6 Å². The summed E-state index contributed by atoms with van der Waals surface area (Å²) in [6.07, 6.45) is 3.22. The molecule has 1 atom stereocenters. The van der Waals surface area contributed by atoms with Gasteiger partial charge in [0.1, 0.15) is 0 Å². The van der Waals surface area contributed by atoms with Crippen molar-refractivity contribution >= 4 is 39.0 Å². The lowest BCUT2D eigenvalue weighted by molar-refractivity contribution is 0.0940. The molecule has 126 valence electrons. The normalized spacial score (nSPS) is 19.0. The number of hydrogen-bond donors (Lipinski definition) is 2. The number of anilines is 2. The molecule has 1 aliphatic heterocycles. The molecule has 1 unspecified atom stereocenters. The van der Waals surface area contributed by atoms with E-state index in [2.05, 4.69) is 20.6 Å². The van der Waals surface area contributed by atoms with Crippen LogP contribution in [0.3, 0.4) is 0 Å². The molecule has 24 heavy (non-hydrogen) atoms. The van der Waals surface area contributed by atoms with Gasteiger partial charge in [-0.1, -0.05) is 11.6 Å². The number of rotatable bonds is 4. The Kier molecular flexibility index (Phi) is 4.68. The Morgan fingerprint density at radius 2 is 1.83 bits per heavy atom. The standard InChI is InChI=1S/C15H15ClN4O3S/c16-11-1-3-12(4-2-11)20-15-17-7-10(8-18-15)14(21)19-13-5-6-24(22,23)9-13/h1-4,7-8,13H,5-6,9H2,(H,19,21)(H,17,18,20). The second kappa shape index (κ2) is 6.74. The Morgan fingerprint density at radius 3 is 2.42 bits per heavy atom. The topological polar surface area (TPSA) is 101 Å². The molecule has 1 saturated heterocycles. The Bertz CT molecular complexity index is 838. The van der Waals surface area contributed by atoms with Crippen molar-refractivity contribution in [2.75, 3.05) is 16.8 Å². The summed E-state index contributed by atoms with van der Waals surface area (Å²) >= 11 is 5.82. The lowest BCUT2D eigenvalue weighted by Crippen LogP contribution is -2.35. The average Bonchev–Trinajstić information content (AvgIpc) is 2.89. The van der Waals surface area contributed by atoms with Crippen LogP contribution < -0.4 is 10.6 Å². The highest BCUT2D eigenvalue weighted by Crippen LogP contribution is 2.16. The molecule has 2 heterocycles. The van der Waals surface area contributed by atoms with Crippen molar-refractivity contribution in [3.05, 3.63) is 47.2 Å². The number of amides is 1. The third-order valence-corrected chi connectivity index (χ3v) is 5.60. The lowest BCUT2D eigenvalue weighted by atomic mass is 10.2. The van der Waals surface area contributed by atoms with E-state index >= 15 is 0 Å². The Morgan fingerprint density at radius 1 is 1.17 bits per heavy atom. The van der Waals surface area contributed by atoms with Crippen LogP contribution in [-0.4, -0.2) is 41.8 Å². The van der Waals surface area contributed by atoms with Crippen LogP contribution in [0.1, 0.15) is 16.8 Å². The van der Waals surface area contributed by atoms with E-state index in [1.165, 1.54) is 12.4 Å². The molecule has 1 aliphatic rings. The van der Waals surface area contributed by atoms with Crippen LogP contribution in [0.4, 0.5) is 11.6 Å². The molecule has 1 aromatic carbocycles.